The minimum absolute atomic E-state index is 0.119. The quantitative estimate of drug-likeness (QED) is 0.513. The molecule has 2 rings (SSSR count). The number of pyridine rings is 1. The fourth-order valence-electron chi connectivity index (χ4n) is 2.19. The average Bonchev–Trinajstić information content (AvgIpc) is 2.80. The Kier molecular flexibility index (Phi) is 2.40. The van der Waals surface area contributed by atoms with Crippen LogP contribution in [0, 0.1) is 11.3 Å². The van der Waals surface area contributed by atoms with Crippen molar-refractivity contribution < 1.29 is 0 Å². The predicted octanol–water partition coefficient (Wildman–Crippen LogP) is 1.21. The van der Waals surface area contributed by atoms with Gasteiger partial charge >= 0.3 is 0 Å². The molecule has 0 saturated heterocycles. The first-order valence-corrected chi connectivity index (χ1v) is 5.23. The second-order valence-electron chi connectivity index (χ2n) is 4.92. The van der Waals surface area contributed by atoms with Crippen LogP contribution in [0.4, 0.5) is 5.82 Å². The Morgan fingerprint density at radius 1 is 1.60 bits per heavy atom. The van der Waals surface area contributed by atoms with E-state index in [2.05, 4.69) is 24.3 Å². The first-order chi connectivity index (χ1) is 7.06. The minimum atomic E-state index is 0.119. The van der Waals surface area contributed by atoms with E-state index in [0.29, 0.717) is 17.2 Å². The van der Waals surface area contributed by atoms with E-state index in [9.17, 15) is 0 Å². The summed E-state index contributed by atoms with van der Waals surface area (Å²) in [4.78, 5) is 4.09. The molecule has 0 radical (unpaired) electrons. The van der Waals surface area contributed by atoms with Gasteiger partial charge in [0.2, 0.25) is 0 Å². The van der Waals surface area contributed by atoms with Gasteiger partial charge in [0, 0.05) is 11.8 Å². The Morgan fingerprint density at radius 3 is 2.73 bits per heavy atom. The van der Waals surface area contributed by atoms with Crippen LogP contribution in [0.25, 0.3) is 0 Å². The molecule has 4 heteroatoms. The number of nitrogens with one attached hydrogen (secondary N) is 1. The molecule has 4 nitrogen and oxygen atoms in total. The number of hydrazine groups is 1. The van der Waals surface area contributed by atoms with Gasteiger partial charge in [0.05, 0.1) is 6.04 Å². The maximum atomic E-state index is 5.84. The van der Waals surface area contributed by atoms with E-state index in [0.717, 1.165) is 5.56 Å². The molecule has 15 heavy (non-hydrogen) atoms. The van der Waals surface area contributed by atoms with Crippen molar-refractivity contribution in [3.63, 3.8) is 0 Å². The van der Waals surface area contributed by atoms with Gasteiger partial charge in [0.25, 0.3) is 0 Å². The molecule has 0 spiro atoms. The molecule has 1 saturated carbocycles. The molecular formula is C11H18N4. The van der Waals surface area contributed by atoms with Gasteiger partial charge in [0.15, 0.2) is 0 Å². The van der Waals surface area contributed by atoms with Crippen LogP contribution in [0.5, 0.6) is 0 Å². The van der Waals surface area contributed by atoms with E-state index in [1.807, 2.05) is 12.1 Å². The van der Waals surface area contributed by atoms with Gasteiger partial charge < -0.3 is 5.73 Å². The van der Waals surface area contributed by atoms with Crippen LogP contribution in [-0.2, 0) is 0 Å². The summed E-state index contributed by atoms with van der Waals surface area (Å²) >= 11 is 0. The van der Waals surface area contributed by atoms with Crippen LogP contribution in [0.15, 0.2) is 18.3 Å². The summed E-state index contributed by atoms with van der Waals surface area (Å²) in [6, 6.07) is 4.00. The normalized spacial score (nSPS) is 24.9. The molecular weight excluding hydrogens is 188 g/mol. The van der Waals surface area contributed by atoms with Gasteiger partial charge in [-0.1, -0.05) is 19.9 Å². The van der Waals surface area contributed by atoms with Crippen molar-refractivity contribution in [3.05, 3.63) is 23.9 Å². The summed E-state index contributed by atoms with van der Waals surface area (Å²) < 4.78 is 0. The van der Waals surface area contributed by atoms with E-state index in [-0.39, 0.29) is 6.04 Å². The van der Waals surface area contributed by atoms with Gasteiger partial charge in [-0.15, -0.1) is 0 Å². The molecule has 0 aromatic carbocycles. The molecule has 1 aromatic rings. The highest BCUT2D eigenvalue weighted by atomic mass is 15.2. The largest absolute Gasteiger partial charge is 0.383 e. The van der Waals surface area contributed by atoms with Crippen molar-refractivity contribution in [3.8, 4) is 0 Å². The molecule has 1 heterocycles. The smallest absolute Gasteiger partial charge is 0.128 e. The van der Waals surface area contributed by atoms with Crippen molar-refractivity contribution in [2.75, 3.05) is 5.73 Å². The van der Waals surface area contributed by atoms with Gasteiger partial charge in [-0.2, -0.15) is 0 Å². The predicted molar refractivity (Wildman–Crippen MR) is 60.6 cm³/mol. The third-order valence-corrected chi connectivity index (χ3v) is 3.38. The minimum Gasteiger partial charge on any atom is -0.383 e. The van der Waals surface area contributed by atoms with Crippen LogP contribution in [0.3, 0.4) is 0 Å². The van der Waals surface area contributed by atoms with Crippen LogP contribution < -0.4 is 17.0 Å². The lowest BCUT2D eigenvalue weighted by atomic mass is 9.98. The van der Waals surface area contributed by atoms with Crippen molar-refractivity contribution >= 4 is 5.82 Å². The molecule has 82 valence electrons. The summed E-state index contributed by atoms with van der Waals surface area (Å²) in [5.74, 6) is 6.72. The summed E-state index contributed by atoms with van der Waals surface area (Å²) in [7, 11) is 0. The Balaban J connectivity index is 2.25. The Bertz CT molecular complexity index is 361. The molecule has 0 aliphatic heterocycles. The number of nitrogens with zero attached hydrogens (tertiary/aromatic N) is 1. The van der Waals surface area contributed by atoms with E-state index in [1.54, 1.807) is 6.20 Å². The second kappa shape index (κ2) is 3.47. The average molecular weight is 206 g/mol. The van der Waals surface area contributed by atoms with Crippen LogP contribution in [0.2, 0.25) is 0 Å². The summed E-state index contributed by atoms with van der Waals surface area (Å²) in [5, 5.41) is 0. The summed E-state index contributed by atoms with van der Waals surface area (Å²) in [5.41, 5.74) is 10.1. The Labute approximate surface area is 90.0 Å². The van der Waals surface area contributed by atoms with Crippen molar-refractivity contribution in [1.29, 1.82) is 0 Å². The maximum absolute atomic E-state index is 5.84. The second-order valence-corrected chi connectivity index (χ2v) is 4.92. The highest BCUT2D eigenvalue weighted by molar-refractivity contribution is 5.42. The molecule has 5 N–H and O–H groups in total. The number of hydrogen-bond donors (Lipinski definition) is 3. The molecule has 2 atom stereocenters. The maximum Gasteiger partial charge on any atom is 0.128 e. The van der Waals surface area contributed by atoms with Crippen molar-refractivity contribution in [2.24, 2.45) is 17.2 Å². The first kappa shape index (κ1) is 10.4. The zero-order valence-electron chi connectivity index (χ0n) is 9.20. The van der Waals surface area contributed by atoms with Crippen LogP contribution >= 0.6 is 0 Å². The fourth-order valence-corrected chi connectivity index (χ4v) is 2.19. The van der Waals surface area contributed by atoms with Gasteiger partial charge in [-0.3, -0.25) is 11.3 Å². The number of aromatic nitrogens is 1. The van der Waals surface area contributed by atoms with Gasteiger partial charge in [0.1, 0.15) is 5.82 Å². The Hall–Kier alpha value is -1.13. The number of anilines is 1. The highest BCUT2D eigenvalue weighted by Crippen LogP contribution is 2.57. The lowest BCUT2D eigenvalue weighted by molar-refractivity contribution is 0.423. The number of hydrogen-bond acceptors (Lipinski definition) is 4. The molecule has 1 aliphatic rings. The molecule has 2 unspecified atom stereocenters. The SMILES string of the molecule is CC1(C)CC1C(NN)c1cccnc1N. The number of rotatable bonds is 3. The molecule has 0 bridgehead atoms. The standard InChI is InChI=1S/C11H18N4/c1-11(2)6-8(11)9(15-13)7-4-3-5-14-10(7)12/h3-5,8-9,15H,6,13H2,1-2H3,(H2,12,14). The van der Waals surface area contributed by atoms with E-state index in [1.165, 1.54) is 6.42 Å². The Morgan fingerprint density at radius 2 is 2.27 bits per heavy atom. The molecule has 1 fully saturated rings. The van der Waals surface area contributed by atoms with Gasteiger partial charge in [-0.05, 0) is 23.8 Å². The summed E-state index contributed by atoms with van der Waals surface area (Å²) in [6.45, 7) is 4.49. The zero-order valence-corrected chi connectivity index (χ0v) is 9.20. The first-order valence-electron chi connectivity index (χ1n) is 5.23. The van der Waals surface area contributed by atoms with E-state index >= 15 is 0 Å². The lowest BCUT2D eigenvalue weighted by Crippen LogP contribution is -2.31. The third kappa shape index (κ3) is 1.82. The molecule has 1 aliphatic carbocycles. The molecule has 1 aromatic heterocycles. The van der Waals surface area contributed by atoms with Crippen molar-refractivity contribution in [1.82, 2.24) is 10.4 Å². The van der Waals surface area contributed by atoms with Crippen LogP contribution in [0.1, 0.15) is 31.9 Å². The van der Waals surface area contributed by atoms with E-state index in [4.69, 9.17) is 11.6 Å². The number of nitrogens with two attached hydrogens (primary N) is 2. The van der Waals surface area contributed by atoms with E-state index < -0.39 is 0 Å². The third-order valence-electron chi connectivity index (χ3n) is 3.38. The lowest BCUT2D eigenvalue weighted by Gasteiger charge is -2.19. The molecule has 0 amide bonds. The highest BCUT2D eigenvalue weighted by Gasteiger charge is 2.50. The number of nitrogen functional groups attached to an aromatic ring is 1. The summed E-state index contributed by atoms with van der Waals surface area (Å²) in [6.07, 6.45) is 2.88. The topological polar surface area (TPSA) is 77.0 Å². The monoisotopic (exact) mass is 206 g/mol. The fraction of sp³-hybridized carbons (Fsp3) is 0.545. The zero-order chi connectivity index (χ0) is 11.1. The van der Waals surface area contributed by atoms with Crippen LogP contribution in [-0.4, -0.2) is 4.98 Å². The van der Waals surface area contributed by atoms with Gasteiger partial charge in [-0.25, -0.2) is 4.98 Å². The van der Waals surface area contributed by atoms with Crippen molar-refractivity contribution in [2.45, 2.75) is 26.3 Å².